The Bertz CT molecular complexity index is 2650. The molecule has 0 bridgehead atoms. The van der Waals surface area contributed by atoms with Crippen molar-refractivity contribution >= 4 is 47.0 Å². The molecule has 5 atom stereocenters. The van der Waals surface area contributed by atoms with E-state index in [0.717, 1.165) is 11.1 Å². The first kappa shape index (κ1) is 64.2. The minimum Gasteiger partial charge on any atom is -0.491 e. The van der Waals surface area contributed by atoms with Crippen molar-refractivity contribution in [3.05, 3.63) is 99.9 Å². The Morgan fingerprint density at radius 1 is 0.790 bits per heavy atom. The summed E-state index contributed by atoms with van der Waals surface area (Å²) in [5, 5.41) is 9.66. The quantitative estimate of drug-likeness (QED) is 0.0484. The lowest BCUT2D eigenvalue weighted by atomic mass is 9.49. The van der Waals surface area contributed by atoms with Gasteiger partial charge in [-0.25, -0.2) is 9.64 Å². The summed E-state index contributed by atoms with van der Waals surface area (Å²) >= 11 is 6.25. The van der Waals surface area contributed by atoms with E-state index in [9.17, 15) is 24.0 Å². The summed E-state index contributed by atoms with van der Waals surface area (Å²) in [6.07, 6.45) is 0.481. The SMILES string of the molecule is [C-]#[N+]c1ccc(OC2C(C)(C)C(NC(=O)c3ccc(OCCOCCOCCOCCOCCO[C@@H]4Cc5ccccc5[C@@H]4NC(=O)[C@@H]4CCCN4C(=O)[C@@H](NC(=O)[C@H](C)N(C)C(=O)OC(C)(C)C)C(C)(C)C)cc3)C2(C)C)cc1Cl. The van der Waals surface area contributed by atoms with Gasteiger partial charge in [-0.1, -0.05) is 90.4 Å². The predicted molar refractivity (Wildman–Crippen MR) is 307 cm³/mol. The first-order chi connectivity index (χ1) is 38.2. The zero-order valence-corrected chi connectivity index (χ0v) is 50.1. The normalized spacial score (nSPS) is 20.6. The Kier molecular flexibility index (Phi) is 22.4. The second kappa shape index (κ2) is 28.3. The van der Waals surface area contributed by atoms with E-state index in [4.69, 9.17) is 56.1 Å². The number of nitrogens with one attached hydrogen (secondary N) is 3. The van der Waals surface area contributed by atoms with Gasteiger partial charge in [0.05, 0.1) is 83.2 Å². The van der Waals surface area contributed by atoms with Gasteiger partial charge in [0.15, 0.2) is 0 Å². The Morgan fingerprint density at radius 2 is 1.37 bits per heavy atom. The van der Waals surface area contributed by atoms with E-state index in [2.05, 4.69) is 48.5 Å². The number of rotatable bonds is 27. The zero-order valence-electron chi connectivity index (χ0n) is 49.3. The van der Waals surface area contributed by atoms with Gasteiger partial charge in [0.25, 0.3) is 5.91 Å². The number of likely N-dealkylation sites (tertiary alicyclic amines) is 1. The van der Waals surface area contributed by atoms with E-state index < -0.39 is 47.2 Å². The maximum atomic E-state index is 14.3. The summed E-state index contributed by atoms with van der Waals surface area (Å²) in [6, 6.07) is 16.7. The fourth-order valence-electron chi connectivity index (χ4n) is 10.9. The van der Waals surface area contributed by atoms with Crippen molar-refractivity contribution in [1.29, 1.82) is 0 Å². The zero-order chi connectivity index (χ0) is 59.3. The molecule has 0 radical (unpaired) electrons. The topological polar surface area (TPSA) is 206 Å². The summed E-state index contributed by atoms with van der Waals surface area (Å²) in [5.74, 6) is -0.144. The molecule has 0 spiro atoms. The molecule has 2 aliphatic carbocycles. The Hall–Kier alpha value is -6.01. The summed E-state index contributed by atoms with van der Waals surface area (Å²) in [4.78, 5) is 74.2. The van der Waals surface area contributed by atoms with Crippen molar-refractivity contribution in [2.24, 2.45) is 16.2 Å². The van der Waals surface area contributed by atoms with Crippen LogP contribution in [-0.2, 0) is 49.2 Å². The summed E-state index contributed by atoms with van der Waals surface area (Å²) < 4.78 is 46.7. The van der Waals surface area contributed by atoms with Crippen LogP contribution in [0.3, 0.4) is 0 Å². The van der Waals surface area contributed by atoms with Gasteiger partial charge in [0.1, 0.15) is 47.9 Å². The van der Waals surface area contributed by atoms with Crippen LogP contribution < -0.4 is 25.4 Å². The van der Waals surface area contributed by atoms with Crippen LogP contribution in [0.15, 0.2) is 66.7 Å². The monoisotopic (exact) mass is 1140 g/mol. The van der Waals surface area contributed by atoms with Gasteiger partial charge in [-0.3, -0.25) is 24.1 Å². The summed E-state index contributed by atoms with van der Waals surface area (Å²) in [6.45, 7) is 31.8. The smallest absolute Gasteiger partial charge is 0.410 e. The number of hydrogen-bond donors (Lipinski definition) is 3. The van der Waals surface area contributed by atoms with Gasteiger partial charge in [0.2, 0.25) is 23.4 Å². The molecule has 5 amide bonds. The number of benzene rings is 3. The van der Waals surface area contributed by atoms with Crippen LogP contribution in [0.2, 0.25) is 5.02 Å². The number of hydrogen-bond acceptors (Lipinski definition) is 13. The third-order valence-corrected chi connectivity index (χ3v) is 15.4. The molecule has 1 saturated carbocycles. The number of fused-ring (bicyclic) bond motifs is 1. The Labute approximate surface area is 483 Å². The number of likely N-dealkylation sites (N-methyl/N-ethyl adjacent to an activating group) is 1. The van der Waals surface area contributed by atoms with Gasteiger partial charge in [-0.2, -0.15) is 0 Å². The largest absolute Gasteiger partial charge is 0.491 e. The minimum absolute atomic E-state index is 0.162. The van der Waals surface area contributed by atoms with E-state index in [1.807, 2.05) is 45.0 Å². The van der Waals surface area contributed by atoms with Crippen LogP contribution in [0.25, 0.3) is 4.85 Å². The molecule has 20 heteroatoms. The highest BCUT2D eigenvalue weighted by atomic mass is 35.5. The highest BCUT2D eigenvalue weighted by Crippen LogP contribution is 2.56. The predicted octanol–water partition coefficient (Wildman–Crippen LogP) is 8.52. The number of carbonyl (C=O) groups excluding carboxylic acids is 5. The molecule has 3 N–H and O–H groups in total. The molecule has 0 unspecified atom stereocenters. The fourth-order valence-corrected chi connectivity index (χ4v) is 11.1. The van der Waals surface area contributed by atoms with E-state index in [0.29, 0.717) is 120 Å². The van der Waals surface area contributed by atoms with Crippen LogP contribution >= 0.6 is 11.6 Å². The molecule has 444 valence electrons. The number of ether oxygens (including phenoxy) is 8. The van der Waals surface area contributed by atoms with Crippen molar-refractivity contribution in [2.75, 3.05) is 79.7 Å². The lowest BCUT2D eigenvalue weighted by molar-refractivity contribution is -0.164. The maximum Gasteiger partial charge on any atom is 0.410 e. The molecule has 3 aromatic rings. The van der Waals surface area contributed by atoms with Crippen molar-refractivity contribution in [3.63, 3.8) is 0 Å². The third kappa shape index (κ3) is 17.0. The van der Waals surface area contributed by atoms with Gasteiger partial charge in [-0.15, -0.1) is 0 Å². The van der Waals surface area contributed by atoms with Gasteiger partial charge >= 0.3 is 6.09 Å². The summed E-state index contributed by atoms with van der Waals surface area (Å²) in [7, 11) is 1.48. The lowest BCUT2D eigenvalue weighted by Gasteiger charge is -2.63. The number of nitrogens with zero attached hydrogens (tertiary/aromatic N) is 3. The molecule has 3 aromatic carbocycles. The molecule has 1 heterocycles. The fraction of sp³-hybridized carbons (Fsp3) is 0.607. The average molecular weight is 1150 g/mol. The molecule has 19 nitrogen and oxygen atoms in total. The van der Waals surface area contributed by atoms with Gasteiger partial charge in [-0.05, 0) is 93.5 Å². The van der Waals surface area contributed by atoms with Crippen molar-refractivity contribution < 1.29 is 61.9 Å². The van der Waals surface area contributed by atoms with Crippen LogP contribution in [0.4, 0.5) is 10.5 Å². The Balaban J connectivity index is 0.818. The van der Waals surface area contributed by atoms with E-state index in [1.165, 1.54) is 11.9 Å². The van der Waals surface area contributed by atoms with Crippen LogP contribution in [-0.4, -0.2) is 161 Å². The second-order valence-corrected chi connectivity index (χ2v) is 24.6. The minimum atomic E-state index is -0.967. The molecular formula is C61H85ClN6O13. The Morgan fingerprint density at radius 3 is 1.95 bits per heavy atom. The van der Waals surface area contributed by atoms with Crippen molar-refractivity contribution in [1.82, 2.24) is 25.8 Å². The second-order valence-electron chi connectivity index (χ2n) is 24.2. The lowest BCUT2D eigenvalue weighted by Crippen LogP contribution is -2.74. The average Bonchev–Trinajstić information content (AvgIpc) is 4.16. The first-order valence-electron chi connectivity index (χ1n) is 28.0. The molecular weight excluding hydrogens is 1060 g/mol. The molecule has 0 aromatic heterocycles. The molecule has 6 rings (SSSR count). The van der Waals surface area contributed by atoms with Crippen LogP contribution in [0, 0.1) is 22.8 Å². The van der Waals surface area contributed by atoms with E-state index in [1.54, 1.807) is 75.1 Å². The summed E-state index contributed by atoms with van der Waals surface area (Å²) in [5.41, 5.74) is 0.702. The maximum absolute atomic E-state index is 14.3. The standard InChI is InChI=1S/C61H85ClN6O13/c1-39(67(13)57(73)81-59(5,6)7)51(69)65-50(58(2,3)4)54(72)68-26-16-19-47(68)53(71)64-49-44-18-15-14-17-41(44)37-48(49)79-36-34-77-32-30-75-28-27-74-29-31-76-33-35-78-42-22-20-40(21-23-42)52(70)66-55-60(8,9)56(61(55,10)11)80-43-24-25-46(63-12)45(62)38-43/h14-15,17-18,20-25,38-39,47-50,55-56H,16,19,26-37H2,1-11,13H3,(H,64,71)(H,65,69)(H,66,70)/t39-,47-,48+,49-,50+,55?,56?/m0/s1. The molecule has 2 fully saturated rings. The van der Waals surface area contributed by atoms with Crippen LogP contribution in [0.1, 0.15) is 117 Å². The van der Waals surface area contributed by atoms with Gasteiger partial charge < -0.3 is 58.7 Å². The molecule has 1 saturated heterocycles. The van der Waals surface area contributed by atoms with Crippen molar-refractivity contribution in [3.8, 4) is 11.5 Å². The van der Waals surface area contributed by atoms with Crippen LogP contribution in [0.5, 0.6) is 11.5 Å². The highest BCUT2D eigenvalue weighted by Gasteiger charge is 2.64. The number of halogens is 1. The number of amides is 5. The third-order valence-electron chi connectivity index (χ3n) is 15.1. The first-order valence-corrected chi connectivity index (χ1v) is 28.4. The van der Waals surface area contributed by atoms with Crippen molar-refractivity contribution in [2.45, 2.75) is 143 Å². The number of carbonyl (C=O) groups is 5. The molecule has 1 aliphatic heterocycles. The molecule has 3 aliphatic rings. The van der Waals surface area contributed by atoms with E-state index >= 15 is 0 Å². The molecule has 81 heavy (non-hydrogen) atoms. The van der Waals surface area contributed by atoms with E-state index in [-0.39, 0.29) is 46.8 Å². The van der Waals surface area contributed by atoms with Gasteiger partial charge in [0, 0.05) is 42.4 Å². The highest BCUT2D eigenvalue weighted by molar-refractivity contribution is 6.33.